The van der Waals surface area contributed by atoms with Crippen molar-refractivity contribution in [2.24, 2.45) is 5.92 Å². The van der Waals surface area contributed by atoms with E-state index < -0.39 is 79.4 Å². The number of aliphatic hydroxyl groups excluding tert-OH is 3. The normalized spacial score (nSPS) is 52.4. The van der Waals surface area contributed by atoms with E-state index >= 15 is 0 Å². The molecule has 0 aromatic rings. The van der Waals surface area contributed by atoms with Crippen molar-refractivity contribution >= 4 is 5.97 Å². The molecular formula is C40H58O14. The fourth-order valence-corrected chi connectivity index (χ4v) is 11.0. The topological polar surface area (TPSA) is 170 Å². The summed E-state index contributed by atoms with van der Waals surface area (Å²) < 4.78 is 65.4. The molecular weight excluding hydrogens is 704 g/mol. The van der Waals surface area contributed by atoms with Gasteiger partial charge >= 0.3 is 5.97 Å². The van der Waals surface area contributed by atoms with E-state index in [9.17, 15) is 20.1 Å². The Kier molecular flexibility index (Phi) is 10.6. The lowest BCUT2D eigenvalue weighted by Crippen LogP contribution is -2.62. The highest BCUT2D eigenvalue weighted by molar-refractivity contribution is 5.70. The Labute approximate surface area is 316 Å². The van der Waals surface area contributed by atoms with Gasteiger partial charge in [0, 0.05) is 32.8 Å². The molecule has 12 bridgehead atoms. The van der Waals surface area contributed by atoms with Gasteiger partial charge in [0.25, 0.3) is 0 Å². The Balaban J connectivity index is 1.00. The first-order valence-electron chi connectivity index (χ1n) is 20.4. The number of ether oxygens (including phenoxy) is 10. The zero-order chi connectivity index (χ0) is 37.5. The number of fused-ring (bicyclic) bond motifs is 6. The SMILES string of the molecule is C=C1C[C@@H]2CC[C@@]34C[C@H]5O[C@@H]6C(O[C@H]7CC[C@H](CC(=O)O[C@@H]8[C@@H](OC)[C@@H](O)[C@H](CC(O)CO)O[C@H]8C[C@H]8O[C@@H](CC[C@@H]1O2)C[C@@H](C)C8=C)O[C@@H]7[C@@H]6O3)[C@H]5O4. The molecule has 0 amide bonds. The zero-order valence-corrected chi connectivity index (χ0v) is 31.4. The smallest absolute Gasteiger partial charge is 0.308 e. The Hall–Kier alpha value is -1.53. The largest absolute Gasteiger partial charge is 0.457 e. The average molecular weight is 763 g/mol. The molecule has 14 nitrogen and oxygen atoms in total. The number of methoxy groups -OCH3 is 1. The lowest BCUT2D eigenvalue weighted by Gasteiger charge is -2.48. The molecule has 0 aromatic carbocycles. The molecule has 0 saturated carbocycles. The predicted molar refractivity (Wildman–Crippen MR) is 187 cm³/mol. The highest BCUT2D eigenvalue weighted by Crippen LogP contribution is 2.54. The minimum atomic E-state index is -1.24. The van der Waals surface area contributed by atoms with Crippen LogP contribution in [-0.4, -0.2) is 151 Å². The van der Waals surface area contributed by atoms with Gasteiger partial charge in [-0.2, -0.15) is 0 Å². The first-order valence-corrected chi connectivity index (χ1v) is 20.4. The second-order valence-electron chi connectivity index (χ2n) is 17.4. The van der Waals surface area contributed by atoms with E-state index in [0.29, 0.717) is 32.1 Å². The van der Waals surface area contributed by atoms with Crippen LogP contribution in [0.25, 0.3) is 0 Å². The lowest BCUT2D eigenvalue weighted by molar-refractivity contribution is -0.293. The maximum Gasteiger partial charge on any atom is 0.308 e. The number of rotatable bonds is 4. The standard InChI is InChI=1S/C40H58O14/c1-18-11-22-5-7-25-19(2)12-24(46-25)9-10-40-16-30-35(53-40)37-38(51-30)39(54-40)33-26(50-37)8-6-23(48-33)14-31(43)52-34-29(15-27(47-22)20(18)3)49-28(13-21(42)17-41)32(44)36(34)45-4/h18,21-30,32-39,41-42,44H,2-3,5-17H2,1,4H3/t18-,21?,22+,23-,24+,25+,26+,27-,28+,29+,30-,32+,33+,34+,35+,36+,37?,38-,39+,40+/m1/s1. The second-order valence-corrected chi connectivity index (χ2v) is 17.4. The van der Waals surface area contributed by atoms with Gasteiger partial charge in [0.1, 0.15) is 48.8 Å². The molecule has 302 valence electrons. The molecule has 54 heavy (non-hydrogen) atoms. The molecule has 0 aromatic heterocycles. The minimum Gasteiger partial charge on any atom is -0.457 e. The van der Waals surface area contributed by atoms with Crippen LogP contribution in [0.1, 0.15) is 84.0 Å². The lowest BCUT2D eigenvalue weighted by atomic mass is 9.82. The van der Waals surface area contributed by atoms with Crippen LogP contribution in [0.2, 0.25) is 0 Å². The molecule has 14 heteroatoms. The molecule has 10 heterocycles. The van der Waals surface area contributed by atoms with Gasteiger partial charge in [0.15, 0.2) is 11.9 Å². The third-order valence-electron chi connectivity index (χ3n) is 13.8. The Bertz CT molecular complexity index is 1430. The van der Waals surface area contributed by atoms with Crippen molar-refractivity contribution in [2.75, 3.05) is 13.7 Å². The zero-order valence-electron chi connectivity index (χ0n) is 31.4. The van der Waals surface area contributed by atoms with Gasteiger partial charge in [-0.05, 0) is 62.0 Å². The van der Waals surface area contributed by atoms with E-state index in [0.717, 1.165) is 43.3 Å². The summed E-state index contributed by atoms with van der Waals surface area (Å²) in [6, 6.07) is 0. The van der Waals surface area contributed by atoms with E-state index in [1.54, 1.807) is 0 Å². The highest BCUT2D eigenvalue weighted by atomic mass is 16.8. The van der Waals surface area contributed by atoms with Crippen LogP contribution in [-0.2, 0) is 52.2 Å². The van der Waals surface area contributed by atoms with Crippen molar-refractivity contribution in [3.63, 3.8) is 0 Å². The predicted octanol–water partition coefficient (Wildman–Crippen LogP) is 2.17. The van der Waals surface area contributed by atoms with Crippen molar-refractivity contribution in [3.05, 3.63) is 24.3 Å². The summed E-state index contributed by atoms with van der Waals surface area (Å²) in [4.78, 5) is 13.9. The maximum atomic E-state index is 13.9. The number of carbonyl (C=O) groups excluding carboxylic acids is 1. The fraction of sp³-hybridized carbons (Fsp3) is 0.875. The first-order chi connectivity index (χ1) is 26.0. The highest BCUT2D eigenvalue weighted by Gasteiger charge is 2.68. The minimum absolute atomic E-state index is 0.00494. The van der Waals surface area contributed by atoms with Crippen molar-refractivity contribution in [3.8, 4) is 0 Å². The van der Waals surface area contributed by atoms with Crippen LogP contribution in [0, 0.1) is 5.92 Å². The van der Waals surface area contributed by atoms with E-state index in [4.69, 9.17) is 47.4 Å². The van der Waals surface area contributed by atoms with Crippen LogP contribution in [0.5, 0.6) is 0 Å². The van der Waals surface area contributed by atoms with E-state index in [-0.39, 0.29) is 67.6 Å². The number of carbonyl (C=O) groups is 1. The quantitative estimate of drug-likeness (QED) is 0.281. The number of esters is 1. The van der Waals surface area contributed by atoms with E-state index in [2.05, 4.69) is 20.1 Å². The molecule has 10 aliphatic heterocycles. The summed E-state index contributed by atoms with van der Waals surface area (Å²) in [5.41, 5.74) is 2.01. The summed E-state index contributed by atoms with van der Waals surface area (Å²) in [6.45, 7) is 10.5. The van der Waals surface area contributed by atoms with Gasteiger partial charge < -0.3 is 62.7 Å². The summed E-state index contributed by atoms with van der Waals surface area (Å²) in [5.74, 6) is -1.18. The molecule has 10 saturated heterocycles. The number of hydrogen-bond donors (Lipinski definition) is 3. The van der Waals surface area contributed by atoms with Gasteiger partial charge in [0.05, 0.1) is 68.0 Å². The van der Waals surface area contributed by atoms with E-state index in [1.165, 1.54) is 7.11 Å². The summed E-state index contributed by atoms with van der Waals surface area (Å²) in [7, 11) is 1.45. The molecule has 1 spiro atoms. The molecule has 10 fully saturated rings. The molecule has 0 radical (unpaired) electrons. The molecule has 2 unspecified atom stereocenters. The maximum absolute atomic E-state index is 13.9. The second kappa shape index (κ2) is 15.0. The summed E-state index contributed by atoms with van der Waals surface area (Å²) in [6.07, 6.45) is -2.30. The third kappa shape index (κ3) is 6.93. The van der Waals surface area contributed by atoms with Gasteiger partial charge in [-0.3, -0.25) is 4.79 Å². The Morgan fingerprint density at radius 1 is 0.796 bits per heavy atom. The number of aliphatic hydroxyl groups is 3. The van der Waals surface area contributed by atoms with Crippen LogP contribution in [0.4, 0.5) is 0 Å². The van der Waals surface area contributed by atoms with Gasteiger partial charge in [-0.25, -0.2) is 0 Å². The van der Waals surface area contributed by atoms with Crippen LogP contribution >= 0.6 is 0 Å². The molecule has 10 aliphatic rings. The van der Waals surface area contributed by atoms with E-state index in [1.807, 2.05) is 0 Å². The Morgan fingerprint density at radius 3 is 2.35 bits per heavy atom. The molecule has 20 atom stereocenters. The fourth-order valence-electron chi connectivity index (χ4n) is 11.0. The van der Waals surface area contributed by atoms with Crippen molar-refractivity contribution in [2.45, 2.75) is 200 Å². The monoisotopic (exact) mass is 762 g/mol. The molecule has 3 N–H and O–H groups in total. The Morgan fingerprint density at radius 2 is 1.54 bits per heavy atom. The van der Waals surface area contributed by atoms with Crippen molar-refractivity contribution in [1.82, 2.24) is 0 Å². The summed E-state index contributed by atoms with van der Waals surface area (Å²) >= 11 is 0. The first kappa shape index (κ1) is 38.0. The number of hydrogen-bond acceptors (Lipinski definition) is 14. The van der Waals surface area contributed by atoms with Crippen molar-refractivity contribution in [1.29, 1.82) is 0 Å². The molecule has 0 aliphatic carbocycles. The van der Waals surface area contributed by atoms with Gasteiger partial charge in [0.2, 0.25) is 0 Å². The molecule has 10 rings (SSSR count). The third-order valence-corrected chi connectivity index (χ3v) is 13.8. The van der Waals surface area contributed by atoms with Gasteiger partial charge in [-0.1, -0.05) is 20.1 Å². The average Bonchev–Trinajstić information content (AvgIpc) is 3.73. The van der Waals surface area contributed by atoms with Crippen LogP contribution in [0.15, 0.2) is 24.3 Å². The van der Waals surface area contributed by atoms with Gasteiger partial charge in [-0.15, -0.1) is 0 Å². The van der Waals surface area contributed by atoms with Crippen LogP contribution in [0.3, 0.4) is 0 Å². The van der Waals surface area contributed by atoms with Crippen LogP contribution < -0.4 is 0 Å². The van der Waals surface area contributed by atoms with Crippen molar-refractivity contribution < 1.29 is 67.5 Å². The summed E-state index contributed by atoms with van der Waals surface area (Å²) in [5, 5.41) is 31.4.